The highest BCUT2D eigenvalue weighted by atomic mass is 32.2. The van der Waals surface area contributed by atoms with Crippen LogP contribution in [-0.4, -0.2) is 26.8 Å². The molecule has 7 heteroatoms. The molecule has 0 saturated heterocycles. The monoisotopic (exact) mass is 424 g/mol. The second-order valence-corrected chi connectivity index (χ2v) is 8.29. The van der Waals surface area contributed by atoms with E-state index >= 15 is 0 Å². The van der Waals surface area contributed by atoms with E-state index in [1.807, 2.05) is 19.9 Å². The van der Waals surface area contributed by atoms with Crippen LogP contribution in [0.15, 0.2) is 77.7 Å². The molecule has 6 nitrogen and oxygen atoms in total. The van der Waals surface area contributed by atoms with Crippen LogP contribution >= 0.6 is 0 Å². The van der Waals surface area contributed by atoms with Gasteiger partial charge in [-0.1, -0.05) is 35.4 Å². The molecular weight excluding hydrogens is 404 g/mol. The minimum absolute atomic E-state index is 0.0383. The first-order valence-corrected chi connectivity index (χ1v) is 10.5. The Kier molecular flexibility index (Phi) is 6.32. The van der Waals surface area contributed by atoms with Gasteiger partial charge in [-0.25, -0.2) is 4.79 Å². The van der Waals surface area contributed by atoms with Gasteiger partial charge >= 0.3 is 16.1 Å². The fraction of sp³-hybridized carbons (Fsp3) is 0.130. The first kappa shape index (κ1) is 21.3. The van der Waals surface area contributed by atoms with Crippen molar-refractivity contribution in [3.8, 4) is 5.75 Å². The molecule has 0 spiro atoms. The number of carbonyl (C=O) groups is 2. The second-order valence-electron chi connectivity index (χ2n) is 6.74. The summed E-state index contributed by atoms with van der Waals surface area (Å²) in [6, 6.07) is 18.7. The lowest BCUT2D eigenvalue weighted by Crippen LogP contribution is -2.14. The highest BCUT2D eigenvalue weighted by Gasteiger charge is 2.17. The summed E-state index contributed by atoms with van der Waals surface area (Å²) in [7, 11) is -3.97. The van der Waals surface area contributed by atoms with E-state index in [1.54, 1.807) is 30.3 Å². The van der Waals surface area contributed by atoms with Gasteiger partial charge in [-0.15, -0.1) is 0 Å². The van der Waals surface area contributed by atoms with Gasteiger partial charge in [0, 0.05) is 5.56 Å². The zero-order chi connectivity index (χ0) is 21.7. The summed E-state index contributed by atoms with van der Waals surface area (Å²) in [5.74, 6) is -0.927. The molecule has 0 aliphatic rings. The Labute approximate surface area is 175 Å². The minimum Gasteiger partial charge on any atom is -0.454 e. The summed E-state index contributed by atoms with van der Waals surface area (Å²) < 4.78 is 34.8. The van der Waals surface area contributed by atoms with Gasteiger partial charge in [-0.3, -0.25) is 4.79 Å². The maximum atomic E-state index is 12.3. The number of carbonyl (C=O) groups excluding carboxylic acids is 2. The molecule has 3 aromatic rings. The van der Waals surface area contributed by atoms with Crippen molar-refractivity contribution in [2.24, 2.45) is 0 Å². The Morgan fingerprint density at radius 3 is 2.10 bits per heavy atom. The summed E-state index contributed by atoms with van der Waals surface area (Å²) in [5.41, 5.74) is 2.48. The fourth-order valence-corrected chi connectivity index (χ4v) is 3.58. The van der Waals surface area contributed by atoms with E-state index in [4.69, 9.17) is 8.92 Å². The molecular formula is C23H20O6S. The third kappa shape index (κ3) is 5.33. The van der Waals surface area contributed by atoms with Crippen molar-refractivity contribution < 1.29 is 26.9 Å². The smallest absolute Gasteiger partial charge is 0.339 e. The van der Waals surface area contributed by atoms with Crippen LogP contribution in [0.3, 0.4) is 0 Å². The second kappa shape index (κ2) is 8.92. The van der Waals surface area contributed by atoms with Crippen LogP contribution in [0.4, 0.5) is 0 Å². The van der Waals surface area contributed by atoms with Crippen molar-refractivity contribution in [2.45, 2.75) is 18.7 Å². The number of ether oxygens (including phenoxy) is 1. The average Bonchev–Trinajstić information content (AvgIpc) is 2.72. The molecule has 0 aliphatic heterocycles. The van der Waals surface area contributed by atoms with Crippen LogP contribution in [0.1, 0.15) is 31.8 Å². The van der Waals surface area contributed by atoms with Crippen molar-refractivity contribution in [3.63, 3.8) is 0 Å². The van der Waals surface area contributed by atoms with Gasteiger partial charge < -0.3 is 8.92 Å². The van der Waals surface area contributed by atoms with Crippen LogP contribution in [-0.2, 0) is 14.9 Å². The lowest BCUT2D eigenvalue weighted by molar-refractivity contribution is 0.0474. The van der Waals surface area contributed by atoms with E-state index in [2.05, 4.69) is 0 Å². The standard InChI is InChI=1S/C23H20O6S/c1-16-6-12-21(13-7-16)30(26,27)29-20-10-8-18(9-11-20)22(24)15-28-23(25)19-5-3-4-17(2)14-19/h3-14H,15H2,1-2H3. The van der Waals surface area contributed by atoms with Crippen molar-refractivity contribution >= 4 is 21.9 Å². The Hall–Kier alpha value is -3.45. The predicted octanol–water partition coefficient (Wildman–Crippen LogP) is 4.11. The third-order valence-corrected chi connectivity index (χ3v) is 5.54. The third-order valence-electron chi connectivity index (χ3n) is 4.28. The van der Waals surface area contributed by atoms with E-state index < -0.39 is 28.5 Å². The SMILES string of the molecule is Cc1ccc(S(=O)(=O)Oc2ccc(C(=O)COC(=O)c3cccc(C)c3)cc2)cc1. The molecule has 0 aliphatic carbocycles. The van der Waals surface area contributed by atoms with Crippen molar-refractivity contribution in [1.29, 1.82) is 0 Å². The van der Waals surface area contributed by atoms with E-state index in [0.717, 1.165) is 11.1 Å². The topological polar surface area (TPSA) is 86.7 Å². The normalized spacial score (nSPS) is 11.0. The number of Topliss-reactive ketones (excluding diaryl/α,β-unsaturated/α-hetero) is 1. The molecule has 30 heavy (non-hydrogen) atoms. The summed E-state index contributed by atoms with van der Waals surface area (Å²) in [4.78, 5) is 24.3. The predicted molar refractivity (Wildman–Crippen MR) is 111 cm³/mol. The Bertz CT molecular complexity index is 1160. The molecule has 3 aromatic carbocycles. The maximum Gasteiger partial charge on any atom is 0.339 e. The van der Waals surface area contributed by atoms with Crippen LogP contribution in [0.25, 0.3) is 0 Å². The zero-order valence-corrected chi connectivity index (χ0v) is 17.3. The summed E-state index contributed by atoms with van der Waals surface area (Å²) in [5, 5.41) is 0. The molecule has 154 valence electrons. The van der Waals surface area contributed by atoms with Crippen LogP contribution < -0.4 is 4.18 Å². The largest absolute Gasteiger partial charge is 0.454 e. The molecule has 3 rings (SSSR count). The zero-order valence-electron chi connectivity index (χ0n) is 16.5. The lowest BCUT2D eigenvalue weighted by Gasteiger charge is -2.08. The molecule has 0 unspecified atom stereocenters. The first-order valence-electron chi connectivity index (χ1n) is 9.13. The molecule has 0 heterocycles. The van der Waals surface area contributed by atoms with Gasteiger partial charge in [0.05, 0.1) is 5.56 Å². The number of hydrogen-bond donors (Lipinski definition) is 0. The van der Waals surface area contributed by atoms with Gasteiger partial charge in [0.1, 0.15) is 10.6 Å². The fourth-order valence-electron chi connectivity index (χ4n) is 2.65. The maximum absolute atomic E-state index is 12.3. The van der Waals surface area contributed by atoms with Crippen LogP contribution in [0.5, 0.6) is 5.75 Å². The van der Waals surface area contributed by atoms with Crippen LogP contribution in [0, 0.1) is 13.8 Å². The molecule has 0 fully saturated rings. The molecule has 0 atom stereocenters. The van der Waals surface area contributed by atoms with Gasteiger partial charge in [-0.2, -0.15) is 8.42 Å². The van der Waals surface area contributed by atoms with E-state index in [0.29, 0.717) is 5.56 Å². The van der Waals surface area contributed by atoms with E-state index in [-0.39, 0.29) is 16.2 Å². The Morgan fingerprint density at radius 1 is 0.800 bits per heavy atom. The van der Waals surface area contributed by atoms with Crippen LogP contribution in [0.2, 0.25) is 0 Å². The van der Waals surface area contributed by atoms with Crippen molar-refractivity contribution in [2.75, 3.05) is 6.61 Å². The Balaban J connectivity index is 1.61. The number of benzene rings is 3. The molecule has 0 aromatic heterocycles. The van der Waals surface area contributed by atoms with Crippen molar-refractivity contribution in [3.05, 3.63) is 95.1 Å². The number of hydrogen-bond acceptors (Lipinski definition) is 6. The number of esters is 1. The summed E-state index contributed by atoms with van der Waals surface area (Å²) in [6.07, 6.45) is 0. The van der Waals surface area contributed by atoms with Gasteiger partial charge in [0.25, 0.3) is 0 Å². The van der Waals surface area contributed by atoms with Crippen molar-refractivity contribution in [1.82, 2.24) is 0 Å². The number of rotatable bonds is 7. The molecule has 0 bridgehead atoms. The van der Waals surface area contributed by atoms with Gasteiger partial charge in [0.2, 0.25) is 0 Å². The quantitative estimate of drug-likeness (QED) is 0.322. The molecule has 0 radical (unpaired) electrons. The van der Waals surface area contributed by atoms with Gasteiger partial charge in [-0.05, 0) is 62.4 Å². The van der Waals surface area contributed by atoms with Gasteiger partial charge in [0.15, 0.2) is 12.4 Å². The number of ketones is 1. The Morgan fingerprint density at radius 2 is 1.47 bits per heavy atom. The summed E-state index contributed by atoms with van der Waals surface area (Å²) >= 11 is 0. The average molecular weight is 424 g/mol. The lowest BCUT2D eigenvalue weighted by atomic mass is 10.1. The van der Waals surface area contributed by atoms with E-state index in [9.17, 15) is 18.0 Å². The number of aryl methyl sites for hydroxylation is 2. The first-order chi connectivity index (χ1) is 14.2. The molecule has 0 N–H and O–H groups in total. The molecule has 0 amide bonds. The molecule has 0 saturated carbocycles. The van der Waals surface area contributed by atoms with E-state index in [1.165, 1.54) is 36.4 Å². The highest BCUT2D eigenvalue weighted by molar-refractivity contribution is 7.87. The highest BCUT2D eigenvalue weighted by Crippen LogP contribution is 2.20. The minimum atomic E-state index is -3.97. The summed E-state index contributed by atoms with van der Waals surface area (Å²) in [6.45, 7) is 3.28.